The Kier molecular flexibility index (Phi) is 3.22. The summed E-state index contributed by atoms with van der Waals surface area (Å²) in [6.45, 7) is 0.853. The maximum atomic E-state index is 12.8. The van der Waals surface area contributed by atoms with Crippen molar-refractivity contribution in [3.05, 3.63) is 23.3 Å². The van der Waals surface area contributed by atoms with E-state index in [-0.39, 0.29) is 11.7 Å². The molecule has 0 aromatic carbocycles. The predicted octanol–water partition coefficient (Wildman–Crippen LogP) is 0.102. The number of methoxy groups -OCH3 is 1. The van der Waals surface area contributed by atoms with Crippen molar-refractivity contribution in [1.29, 1.82) is 0 Å². The molecule has 7 nitrogen and oxygen atoms in total. The quantitative estimate of drug-likeness (QED) is 0.548. The normalized spacial score (nSPS) is 49.2. The minimum Gasteiger partial charge on any atom is -0.358 e. The van der Waals surface area contributed by atoms with E-state index in [9.17, 15) is 14.7 Å². The number of Topliss-reactive ketones (excluding diaryl/α,β-unsaturated/α-hetero) is 1. The summed E-state index contributed by atoms with van der Waals surface area (Å²) in [6.07, 6.45) is 6.24. The monoisotopic (exact) mass is 360 g/mol. The Morgan fingerprint density at radius 1 is 1.50 bits per heavy atom. The van der Waals surface area contributed by atoms with Gasteiger partial charge in [-0.3, -0.25) is 9.59 Å². The van der Waals surface area contributed by atoms with E-state index in [0.29, 0.717) is 18.9 Å². The molecule has 0 aromatic rings. The summed E-state index contributed by atoms with van der Waals surface area (Å²) >= 11 is 0. The Morgan fingerprint density at radius 3 is 3.04 bits per heavy atom. The van der Waals surface area contributed by atoms with Crippen molar-refractivity contribution >= 4 is 12.2 Å². The lowest BCUT2D eigenvalue weighted by Gasteiger charge is -2.58. The summed E-state index contributed by atoms with van der Waals surface area (Å²) in [7, 11) is 3.56. The van der Waals surface area contributed by atoms with Gasteiger partial charge in [0.05, 0.1) is 0 Å². The third kappa shape index (κ3) is 1.60. The zero-order valence-corrected chi connectivity index (χ0v) is 15.0. The van der Waals surface area contributed by atoms with Crippen LogP contribution in [0.5, 0.6) is 0 Å². The van der Waals surface area contributed by atoms with Crippen molar-refractivity contribution in [2.75, 3.05) is 20.7 Å². The summed E-state index contributed by atoms with van der Waals surface area (Å²) < 4.78 is 11.7. The van der Waals surface area contributed by atoms with Crippen LogP contribution in [0.15, 0.2) is 23.3 Å². The van der Waals surface area contributed by atoms with Crippen LogP contribution < -0.4 is 5.32 Å². The van der Waals surface area contributed by atoms with Crippen LogP contribution in [0.2, 0.25) is 0 Å². The van der Waals surface area contributed by atoms with Crippen molar-refractivity contribution in [3.63, 3.8) is 0 Å². The second kappa shape index (κ2) is 5.04. The highest BCUT2D eigenvalue weighted by atomic mass is 16.7. The van der Waals surface area contributed by atoms with Crippen LogP contribution >= 0.6 is 0 Å². The number of hydrogen-bond acceptors (Lipinski definition) is 6. The Bertz CT molecular complexity index is 763. The van der Waals surface area contributed by atoms with E-state index >= 15 is 0 Å². The van der Waals surface area contributed by atoms with Gasteiger partial charge in [0, 0.05) is 30.6 Å². The molecular weight excluding hydrogens is 336 g/mol. The van der Waals surface area contributed by atoms with E-state index in [1.165, 1.54) is 7.11 Å². The molecule has 1 saturated carbocycles. The number of allylic oxidation sites excluding steroid dienone is 1. The van der Waals surface area contributed by atoms with Gasteiger partial charge in [-0.25, -0.2) is 0 Å². The molecule has 2 N–H and O–H groups in total. The number of aliphatic hydroxyl groups is 1. The molecule has 2 saturated heterocycles. The molecule has 3 aliphatic carbocycles. The molecule has 2 unspecified atom stereocenters. The average molecular weight is 360 g/mol. The van der Waals surface area contributed by atoms with Crippen molar-refractivity contribution in [1.82, 2.24) is 10.2 Å². The fourth-order valence-corrected chi connectivity index (χ4v) is 6.41. The summed E-state index contributed by atoms with van der Waals surface area (Å²) in [5.41, 5.74) is -0.261. The van der Waals surface area contributed by atoms with Crippen molar-refractivity contribution in [2.24, 2.45) is 11.3 Å². The Morgan fingerprint density at radius 2 is 2.31 bits per heavy atom. The van der Waals surface area contributed by atoms with Crippen LogP contribution in [0, 0.1) is 11.3 Å². The van der Waals surface area contributed by atoms with Gasteiger partial charge in [0.2, 0.25) is 17.9 Å². The molecule has 6 atom stereocenters. The van der Waals surface area contributed by atoms with E-state index in [0.717, 1.165) is 37.0 Å². The van der Waals surface area contributed by atoms with Crippen molar-refractivity contribution in [2.45, 2.75) is 49.3 Å². The molecule has 1 amide bonds. The highest BCUT2D eigenvalue weighted by Crippen LogP contribution is 2.68. The third-order valence-corrected chi connectivity index (χ3v) is 7.49. The lowest BCUT2D eigenvalue weighted by molar-refractivity contribution is -0.270. The number of hydrogen-bond donors (Lipinski definition) is 2. The van der Waals surface area contributed by atoms with Gasteiger partial charge in [0.1, 0.15) is 6.10 Å². The molecule has 2 aliphatic heterocycles. The fourth-order valence-electron chi connectivity index (χ4n) is 6.41. The fraction of sp³-hybridized carbons (Fsp3) is 0.684. The third-order valence-electron chi connectivity index (χ3n) is 7.49. The molecule has 5 aliphatic rings. The molecule has 140 valence electrons. The largest absolute Gasteiger partial charge is 0.358 e. The SMILES string of the molecule is COC1(NC=O)C=CC2=C3C1(O)O[C@H]1C(=O)CC[C@H]4[C@@H](C2)N(C)CC[C@]314. The van der Waals surface area contributed by atoms with Gasteiger partial charge in [-0.15, -0.1) is 0 Å². The van der Waals surface area contributed by atoms with Crippen LogP contribution in [0.3, 0.4) is 0 Å². The van der Waals surface area contributed by atoms with Crippen molar-refractivity contribution < 1.29 is 24.2 Å². The van der Waals surface area contributed by atoms with Crippen LogP contribution in [0.25, 0.3) is 0 Å². The molecule has 2 heterocycles. The second-order valence-electron chi connectivity index (χ2n) is 8.23. The molecule has 26 heavy (non-hydrogen) atoms. The average Bonchev–Trinajstić information content (AvgIpc) is 2.91. The van der Waals surface area contributed by atoms with Gasteiger partial charge < -0.3 is 24.8 Å². The first kappa shape index (κ1) is 16.6. The molecular formula is C19H24N2O5. The van der Waals surface area contributed by atoms with E-state index in [1.54, 1.807) is 6.08 Å². The van der Waals surface area contributed by atoms with Crippen LogP contribution in [0.1, 0.15) is 25.7 Å². The molecule has 1 spiro atoms. The van der Waals surface area contributed by atoms with Gasteiger partial charge in [-0.2, -0.15) is 0 Å². The number of piperidine rings is 1. The van der Waals surface area contributed by atoms with Crippen LogP contribution in [-0.4, -0.2) is 66.6 Å². The molecule has 3 fully saturated rings. The minimum atomic E-state index is -1.86. The maximum absolute atomic E-state index is 12.8. The molecule has 0 aromatic heterocycles. The lowest BCUT2D eigenvalue weighted by atomic mass is 9.50. The zero-order valence-electron chi connectivity index (χ0n) is 15.0. The van der Waals surface area contributed by atoms with E-state index in [4.69, 9.17) is 9.47 Å². The number of rotatable bonds is 3. The van der Waals surface area contributed by atoms with Gasteiger partial charge >= 0.3 is 0 Å². The number of ether oxygens (including phenoxy) is 2. The number of nitrogens with one attached hydrogen (secondary N) is 1. The van der Waals surface area contributed by atoms with E-state index in [1.807, 2.05) is 6.08 Å². The molecule has 0 radical (unpaired) electrons. The van der Waals surface area contributed by atoms with Crippen LogP contribution in [0.4, 0.5) is 0 Å². The standard InChI is InChI=1S/C19H24N2O5/c1-21-8-7-17-12-3-4-14(23)16(17)26-19(24)15(17)11(9-13(12)21)5-6-18(19,25-2)20-10-22/h5-6,10,12-13,16,24H,3-4,7-9H2,1-2H3,(H,20,22)/t12-,13+,16-,17-,18?,19?/m0/s1. The first-order chi connectivity index (χ1) is 12.4. The summed E-state index contributed by atoms with van der Waals surface area (Å²) in [5, 5.41) is 14.4. The highest BCUT2D eigenvalue weighted by molar-refractivity contribution is 5.87. The van der Waals surface area contributed by atoms with Gasteiger partial charge in [-0.1, -0.05) is 6.08 Å². The maximum Gasteiger partial charge on any atom is 0.244 e. The summed E-state index contributed by atoms with van der Waals surface area (Å²) in [6, 6.07) is 0.336. The number of likely N-dealkylation sites (tertiary alicyclic amines) is 1. The molecule has 5 rings (SSSR count). The Labute approximate surface area is 152 Å². The Balaban J connectivity index is 1.77. The summed E-state index contributed by atoms with van der Waals surface area (Å²) in [5.74, 6) is -1.57. The van der Waals surface area contributed by atoms with E-state index < -0.39 is 23.0 Å². The Hall–Kier alpha value is -1.54. The molecule has 7 heteroatoms. The number of ketones is 1. The number of carbonyl (C=O) groups is 2. The first-order valence-electron chi connectivity index (χ1n) is 9.26. The predicted molar refractivity (Wildman–Crippen MR) is 90.7 cm³/mol. The zero-order chi connectivity index (χ0) is 18.3. The van der Waals surface area contributed by atoms with E-state index in [2.05, 4.69) is 17.3 Å². The van der Waals surface area contributed by atoms with Gasteiger partial charge in [-0.05, 0) is 50.4 Å². The summed E-state index contributed by atoms with van der Waals surface area (Å²) in [4.78, 5) is 26.5. The minimum absolute atomic E-state index is 0.0391. The van der Waals surface area contributed by atoms with Crippen molar-refractivity contribution in [3.8, 4) is 0 Å². The lowest BCUT2D eigenvalue weighted by Crippen LogP contribution is -2.67. The number of amides is 1. The molecule has 2 bridgehead atoms. The topological polar surface area (TPSA) is 88.1 Å². The van der Waals surface area contributed by atoms with Crippen LogP contribution in [-0.2, 0) is 19.1 Å². The number of carbonyl (C=O) groups excluding carboxylic acids is 2. The van der Waals surface area contributed by atoms with Gasteiger partial charge in [0.25, 0.3) is 0 Å². The number of nitrogens with zero attached hydrogens (tertiary/aromatic N) is 1. The smallest absolute Gasteiger partial charge is 0.244 e. The first-order valence-corrected chi connectivity index (χ1v) is 9.26. The highest BCUT2D eigenvalue weighted by Gasteiger charge is 2.75. The second-order valence-corrected chi connectivity index (χ2v) is 8.23. The van der Waals surface area contributed by atoms with Gasteiger partial charge in [0.15, 0.2) is 5.78 Å².